The minimum absolute atomic E-state index is 0. The van der Waals surface area contributed by atoms with Crippen LogP contribution in [0.4, 0.5) is 0 Å². The average molecular weight is 244 g/mol. The van der Waals surface area contributed by atoms with Gasteiger partial charge in [0.25, 0.3) is 0 Å². The molecule has 1 saturated heterocycles. The summed E-state index contributed by atoms with van der Waals surface area (Å²) in [6.45, 7) is 2.04. The van der Waals surface area contributed by atoms with Crippen LogP contribution in [0.25, 0.3) is 0 Å². The quantitative estimate of drug-likeness (QED) is 0.504. The van der Waals surface area contributed by atoms with Crippen LogP contribution in [0.5, 0.6) is 0 Å². The Hall–Kier alpha value is 1.06. The number of halogens is 1. The molecule has 0 N–H and O–H groups in total. The van der Waals surface area contributed by atoms with Gasteiger partial charge in [0.2, 0.25) is 0 Å². The van der Waals surface area contributed by atoms with Gasteiger partial charge in [0.15, 0.2) is 0 Å². The van der Waals surface area contributed by atoms with E-state index in [2.05, 4.69) is 0 Å². The molecule has 0 saturated carbocycles. The fraction of sp³-hybridized carbons (Fsp3) is 1.00. The molecule has 1 aliphatic heterocycles. The zero-order valence-corrected chi connectivity index (χ0v) is 10.2. The van der Waals surface area contributed by atoms with Gasteiger partial charge in [0, 0.05) is 0 Å². The molecule has 1 fully saturated rings. The van der Waals surface area contributed by atoms with E-state index in [0.29, 0.717) is 0 Å². The van der Waals surface area contributed by atoms with Gasteiger partial charge in [0.05, 0.1) is 0 Å². The Labute approximate surface area is 77.0 Å². The molecule has 0 aliphatic carbocycles. The van der Waals surface area contributed by atoms with Crippen LogP contribution >= 0.6 is 0 Å². The van der Waals surface area contributed by atoms with Gasteiger partial charge in [0.1, 0.15) is 0 Å². The average Bonchev–Trinajstić information content (AvgIpc) is 1.90. The van der Waals surface area contributed by atoms with Crippen LogP contribution in [0.15, 0.2) is 0 Å². The summed E-state index contributed by atoms with van der Waals surface area (Å²) in [5.74, 6) is 1.02. The van der Waals surface area contributed by atoms with E-state index in [9.17, 15) is 0 Å². The number of rotatable bonds is 1. The van der Waals surface area contributed by atoms with Gasteiger partial charge < -0.3 is 17.0 Å². The van der Waals surface area contributed by atoms with E-state index in [1.54, 1.807) is 0 Å². The van der Waals surface area contributed by atoms with E-state index in [0.717, 1.165) is 19.1 Å². The second-order valence-electron chi connectivity index (χ2n) is 2.34. The standard InChI is InChI=1S/C6H11O.BrH.Zn/c1-6-2-4-7-5-3-6;;/h6H,1-5H2;1H;/q;;+1/p-1. The molecule has 0 bridgehead atoms. The molecule has 9 heavy (non-hydrogen) atoms. The molecule has 0 aromatic heterocycles. The van der Waals surface area contributed by atoms with Crippen molar-refractivity contribution in [2.24, 2.45) is 5.92 Å². The summed E-state index contributed by atoms with van der Waals surface area (Å²) in [6, 6.07) is 0. The van der Waals surface area contributed by atoms with Crippen molar-refractivity contribution in [2.45, 2.75) is 17.9 Å². The first-order valence-electron chi connectivity index (χ1n) is 3.30. The normalized spacial score (nSPS) is 21.1. The van der Waals surface area contributed by atoms with Crippen molar-refractivity contribution in [3.63, 3.8) is 0 Å². The zero-order valence-electron chi connectivity index (χ0n) is 5.61. The maximum atomic E-state index is 5.22. The maximum absolute atomic E-state index is 5.22. The van der Waals surface area contributed by atoms with E-state index < -0.39 is 0 Å². The molecular formula is C6H11BrOZn. The second-order valence-corrected chi connectivity index (χ2v) is 3.56. The number of ether oxygens (including phenoxy) is 1. The molecule has 0 radical (unpaired) electrons. The summed E-state index contributed by atoms with van der Waals surface area (Å²) in [4.78, 5) is 0. The molecule has 0 aromatic rings. The van der Waals surface area contributed by atoms with Gasteiger partial charge in [-0.3, -0.25) is 0 Å². The second kappa shape index (κ2) is 5.82. The summed E-state index contributed by atoms with van der Waals surface area (Å²) in [7, 11) is 0. The first kappa shape index (κ1) is 10.1. The van der Waals surface area contributed by atoms with Crippen molar-refractivity contribution in [3.8, 4) is 0 Å². The van der Waals surface area contributed by atoms with Gasteiger partial charge in [-0.2, -0.15) is 0 Å². The summed E-state index contributed by atoms with van der Waals surface area (Å²) in [6.07, 6.45) is 2.64. The van der Waals surface area contributed by atoms with E-state index in [1.165, 1.54) is 36.2 Å². The first-order valence-corrected chi connectivity index (χ1v) is 5.40. The predicted octanol–water partition coefficient (Wildman–Crippen LogP) is -1.62. The van der Waals surface area contributed by atoms with Crippen molar-refractivity contribution in [1.82, 2.24) is 0 Å². The molecule has 1 heterocycles. The molecule has 1 nitrogen and oxygen atoms in total. The Morgan fingerprint density at radius 3 is 2.22 bits per heavy atom. The fourth-order valence-electron chi connectivity index (χ4n) is 1.04. The number of hydrogen-bond donors (Lipinski definition) is 0. The van der Waals surface area contributed by atoms with Crippen LogP contribution in [0.3, 0.4) is 0 Å². The first-order chi connectivity index (χ1) is 3.93. The molecule has 1 rings (SSSR count). The summed E-state index contributed by atoms with van der Waals surface area (Å²) < 4.78 is 5.22. The van der Waals surface area contributed by atoms with Crippen molar-refractivity contribution < 1.29 is 40.0 Å². The van der Waals surface area contributed by atoms with Gasteiger partial charge in [-0.05, 0) is 0 Å². The summed E-state index contributed by atoms with van der Waals surface area (Å²) in [5, 5.41) is 1.46. The zero-order chi connectivity index (χ0) is 5.82. The molecule has 3 heteroatoms. The summed E-state index contributed by atoms with van der Waals surface area (Å²) in [5.41, 5.74) is 0. The molecule has 0 aromatic carbocycles. The third kappa shape index (κ3) is 3.69. The third-order valence-corrected chi connectivity index (χ3v) is 3.46. The molecule has 0 atom stereocenters. The van der Waals surface area contributed by atoms with E-state index >= 15 is 0 Å². The SMILES string of the molecule is [Br-].[Zn+][CH2]C1CCOCC1. The third-order valence-electron chi connectivity index (χ3n) is 1.75. The van der Waals surface area contributed by atoms with Gasteiger partial charge in [-0.25, -0.2) is 0 Å². The molecular weight excluding hydrogens is 233 g/mol. The van der Waals surface area contributed by atoms with Crippen molar-refractivity contribution in [1.29, 1.82) is 0 Å². The minimum atomic E-state index is 0. The van der Waals surface area contributed by atoms with Crippen LogP contribution in [0, 0.1) is 5.92 Å². The van der Waals surface area contributed by atoms with Crippen LogP contribution in [0.1, 0.15) is 12.8 Å². The molecule has 0 amide bonds. The van der Waals surface area contributed by atoms with Crippen molar-refractivity contribution in [3.05, 3.63) is 0 Å². The Morgan fingerprint density at radius 2 is 1.89 bits per heavy atom. The van der Waals surface area contributed by atoms with Crippen molar-refractivity contribution >= 4 is 0 Å². The van der Waals surface area contributed by atoms with Gasteiger partial charge in [-0.1, -0.05) is 0 Å². The molecule has 0 spiro atoms. The van der Waals surface area contributed by atoms with Crippen molar-refractivity contribution in [2.75, 3.05) is 13.2 Å². The summed E-state index contributed by atoms with van der Waals surface area (Å²) >= 11 is 1.46. The van der Waals surface area contributed by atoms with Crippen LogP contribution in [0.2, 0.25) is 5.02 Å². The molecule has 50 valence electrons. The Balaban J connectivity index is 0.000000640. The number of hydrogen-bond acceptors (Lipinski definition) is 1. The Kier molecular flexibility index (Phi) is 6.51. The van der Waals surface area contributed by atoms with E-state index in [1.807, 2.05) is 0 Å². The fourth-order valence-corrected chi connectivity index (χ4v) is 2.25. The molecule has 1 aliphatic rings. The van der Waals surface area contributed by atoms with Crippen LogP contribution < -0.4 is 17.0 Å². The monoisotopic (exact) mass is 242 g/mol. The van der Waals surface area contributed by atoms with E-state index in [4.69, 9.17) is 4.74 Å². The predicted molar refractivity (Wildman–Crippen MR) is 28.3 cm³/mol. The van der Waals surface area contributed by atoms with Crippen LogP contribution in [-0.4, -0.2) is 13.2 Å². The van der Waals surface area contributed by atoms with E-state index in [-0.39, 0.29) is 17.0 Å². The van der Waals surface area contributed by atoms with Crippen LogP contribution in [-0.2, 0) is 23.0 Å². The van der Waals surface area contributed by atoms with Gasteiger partial charge >= 0.3 is 60.0 Å². The molecule has 0 unspecified atom stereocenters. The topological polar surface area (TPSA) is 9.23 Å². The Morgan fingerprint density at radius 1 is 1.33 bits per heavy atom. The van der Waals surface area contributed by atoms with Gasteiger partial charge in [-0.15, -0.1) is 0 Å². The Bertz CT molecular complexity index is 64.1.